The van der Waals surface area contributed by atoms with Crippen molar-refractivity contribution >= 4 is 6.21 Å². The van der Waals surface area contributed by atoms with Crippen LogP contribution in [0.15, 0.2) is 53.7 Å². The molecule has 0 aliphatic carbocycles. The molecule has 2 aromatic rings. The van der Waals surface area contributed by atoms with Crippen LogP contribution in [-0.2, 0) is 11.4 Å². The largest absolute Gasteiger partial charge is 0.391 e. The van der Waals surface area contributed by atoms with Gasteiger partial charge in [-0.3, -0.25) is 0 Å². The summed E-state index contributed by atoms with van der Waals surface area (Å²) in [6.45, 7) is 0.0663. The van der Waals surface area contributed by atoms with Gasteiger partial charge in [-0.2, -0.15) is 0 Å². The molecule has 0 atom stereocenters. The fourth-order valence-electron chi connectivity index (χ4n) is 1.79. The van der Waals surface area contributed by atoms with E-state index in [1.165, 1.54) is 48.7 Å². The first-order valence-electron chi connectivity index (χ1n) is 6.47. The minimum Gasteiger partial charge on any atom is -0.391 e. The Bertz CT molecular complexity index is 626. The molecule has 2 rings (SSSR count). The van der Waals surface area contributed by atoms with Crippen molar-refractivity contribution in [1.82, 2.24) is 0 Å². The summed E-state index contributed by atoms with van der Waals surface area (Å²) in [6.07, 6.45) is -3.90. The smallest absolute Gasteiger partial charge is 0.264 e. The molecule has 0 saturated heterocycles. The van der Waals surface area contributed by atoms with Gasteiger partial charge in [0.15, 0.2) is 0 Å². The summed E-state index contributed by atoms with van der Waals surface area (Å²) in [6, 6.07) is 11.6. The second-order valence-electron chi connectivity index (χ2n) is 4.48. The number of hydrogen-bond acceptors (Lipinski definition) is 2. The van der Waals surface area contributed by atoms with Gasteiger partial charge in [0.1, 0.15) is 6.61 Å². The summed E-state index contributed by atoms with van der Waals surface area (Å²) in [5, 5.41) is 3.63. The SMILES string of the molecule is FC(F)c1ccc(CON=Cc2ccccc2C(F)F)cc1. The van der Waals surface area contributed by atoms with E-state index in [0.717, 1.165) is 0 Å². The molecule has 2 aromatic carbocycles. The summed E-state index contributed by atoms with van der Waals surface area (Å²) in [5.41, 5.74) is 0.725. The van der Waals surface area contributed by atoms with Crippen LogP contribution in [0.2, 0.25) is 0 Å². The van der Waals surface area contributed by atoms with E-state index in [1.807, 2.05) is 0 Å². The first-order valence-corrected chi connectivity index (χ1v) is 6.47. The molecule has 0 N–H and O–H groups in total. The normalized spacial score (nSPS) is 11.5. The van der Waals surface area contributed by atoms with E-state index in [1.54, 1.807) is 6.07 Å². The average Bonchev–Trinajstić information content (AvgIpc) is 2.52. The van der Waals surface area contributed by atoms with Crippen molar-refractivity contribution in [2.24, 2.45) is 5.16 Å². The molecule has 0 aliphatic heterocycles. The Balaban J connectivity index is 1.93. The molecular formula is C16H13F4NO. The molecule has 116 valence electrons. The number of benzene rings is 2. The van der Waals surface area contributed by atoms with E-state index in [2.05, 4.69) is 5.16 Å². The molecule has 2 nitrogen and oxygen atoms in total. The van der Waals surface area contributed by atoms with Gasteiger partial charge in [0.25, 0.3) is 12.9 Å². The standard InChI is InChI=1S/C16H13F4NO/c17-15(18)12-7-5-11(6-8-12)10-22-21-9-13-3-1-2-4-14(13)16(19)20/h1-9,15-16H,10H2. The van der Waals surface area contributed by atoms with E-state index in [-0.39, 0.29) is 23.3 Å². The van der Waals surface area contributed by atoms with E-state index in [0.29, 0.717) is 5.56 Å². The quantitative estimate of drug-likeness (QED) is 0.412. The fraction of sp³-hybridized carbons (Fsp3) is 0.188. The van der Waals surface area contributed by atoms with Crippen LogP contribution in [0.25, 0.3) is 0 Å². The lowest BCUT2D eigenvalue weighted by Gasteiger charge is -2.04. The van der Waals surface area contributed by atoms with E-state index >= 15 is 0 Å². The number of halogens is 4. The molecule has 0 radical (unpaired) electrons. The number of hydrogen-bond donors (Lipinski definition) is 0. The minimum atomic E-state index is -2.59. The van der Waals surface area contributed by atoms with E-state index < -0.39 is 12.9 Å². The van der Waals surface area contributed by atoms with Gasteiger partial charge in [0.2, 0.25) is 0 Å². The highest BCUT2D eigenvalue weighted by Crippen LogP contribution is 2.21. The summed E-state index contributed by atoms with van der Waals surface area (Å²) in [7, 11) is 0. The summed E-state index contributed by atoms with van der Waals surface area (Å²) in [5.74, 6) is 0. The topological polar surface area (TPSA) is 21.6 Å². The van der Waals surface area contributed by atoms with Crippen molar-refractivity contribution in [3.63, 3.8) is 0 Å². The van der Waals surface area contributed by atoms with Gasteiger partial charge < -0.3 is 4.84 Å². The van der Waals surface area contributed by atoms with Crippen LogP contribution in [0, 0.1) is 0 Å². The Morgan fingerprint density at radius 3 is 2.23 bits per heavy atom. The van der Waals surface area contributed by atoms with Gasteiger partial charge >= 0.3 is 0 Å². The van der Waals surface area contributed by atoms with Crippen LogP contribution in [0.5, 0.6) is 0 Å². The van der Waals surface area contributed by atoms with E-state index in [4.69, 9.17) is 4.84 Å². The van der Waals surface area contributed by atoms with Crippen LogP contribution >= 0.6 is 0 Å². The fourth-order valence-corrected chi connectivity index (χ4v) is 1.79. The number of rotatable bonds is 6. The summed E-state index contributed by atoms with van der Waals surface area (Å²) < 4.78 is 50.2. The predicted molar refractivity (Wildman–Crippen MR) is 75.2 cm³/mol. The molecule has 6 heteroatoms. The molecule has 0 aliphatic rings. The van der Waals surface area contributed by atoms with Gasteiger partial charge in [-0.25, -0.2) is 17.6 Å². The molecule has 0 amide bonds. The molecule has 0 spiro atoms. The van der Waals surface area contributed by atoms with Crippen molar-refractivity contribution in [3.05, 3.63) is 70.8 Å². The lowest BCUT2D eigenvalue weighted by atomic mass is 10.1. The molecule has 0 aromatic heterocycles. The third-order valence-electron chi connectivity index (χ3n) is 2.96. The highest BCUT2D eigenvalue weighted by Gasteiger charge is 2.10. The third-order valence-corrected chi connectivity index (χ3v) is 2.96. The molecule has 0 fully saturated rings. The van der Waals surface area contributed by atoms with Gasteiger partial charge in [-0.05, 0) is 5.56 Å². The highest BCUT2D eigenvalue weighted by atomic mass is 19.3. The first kappa shape index (κ1) is 16.0. The molecular weight excluding hydrogens is 298 g/mol. The Morgan fingerprint density at radius 1 is 0.909 bits per heavy atom. The molecule has 0 heterocycles. The Hall–Kier alpha value is -2.37. The lowest BCUT2D eigenvalue weighted by molar-refractivity contribution is 0.131. The summed E-state index contributed by atoms with van der Waals surface area (Å²) in [4.78, 5) is 5.00. The van der Waals surface area contributed by atoms with Crippen LogP contribution in [0.3, 0.4) is 0 Å². The maximum absolute atomic E-state index is 12.7. The monoisotopic (exact) mass is 311 g/mol. The summed E-state index contributed by atoms with van der Waals surface area (Å²) >= 11 is 0. The number of alkyl halides is 4. The highest BCUT2D eigenvalue weighted by molar-refractivity contribution is 5.81. The van der Waals surface area contributed by atoms with Crippen molar-refractivity contribution in [3.8, 4) is 0 Å². The molecule has 0 saturated carbocycles. The second-order valence-corrected chi connectivity index (χ2v) is 4.48. The Kier molecular flexibility index (Phi) is 5.52. The van der Waals surface area contributed by atoms with Crippen LogP contribution in [-0.4, -0.2) is 6.21 Å². The first-order chi connectivity index (χ1) is 10.6. The zero-order valence-electron chi connectivity index (χ0n) is 11.4. The van der Waals surface area contributed by atoms with Crippen LogP contribution in [0.1, 0.15) is 35.1 Å². The van der Waals surface area contributed by atoms with Crippen molar-refractivity contribution in [2.75, 3.05) is 0 Å². The maximum Gasteiger partial charge on any atom is 0.264 e. The lowest BCUT2D eigenvalue weighted by Crippen LogP contribution is -1.94. The van der Waals surface area contributed by atoms with Gasteiger partial charge in [-0.1, -0.05) is 53.7 Å². The molecule has 22 heavy (non-hydrogen) atoms. The van der Waals surface area contributed by atoms with Crippen LogP contribution in [0.4, 0.5) is 17.6 Å². The van der Waals surface area contributed by atoms with Gasteiger partial charge in [-0.15, -0.1) is 0 Å². The minimum absolute atomic E-state index is 0.0663. The second kappa shape index (κ2) is 7.59. The molecule has 0 unspecified atom stereocenters. The van der Waals surface area contributed by atoms with Gasteiger partial charge in [0, 0.05) is 16.7 Å². The van der Waals surface area contributed by atoms with Crippen molar-refractivity contribution in [2.45, 2.75) is 19.5 Å². The van der Waals surface area contributed by atoms with Crippen molar-refractivity contribution in [1.29, 1.82) is 0 Å². The maximum atomic E-state index is 12.7. The van der Waals surface area contributed by atoms with E-state index in [9.17, 15) is 17.6 Å². The average molecular weight is 311 g/mol. The zero-order valence-corrected chi connectivity index (χ0v) is 11.4. The zero-order chi connectivity index (χ0) is 15.9. The van der Waals surface area contributed by atoms with Gasteiger partial charge in [0.05, 0.1) is 6.21 Å². The third kappa shape index (κ3) is 4.31. The Morgan fingerprint density at radius 2 is 1.59 bits per heavy atom. The molecule has 0 bridgehead atoms. The number of oxime groups is 1. The van der Waals surface area contributed by atoms with Crippen LogP contribution < -0.4 is 0 Å². The van der Waals surface area contributed by atoms with Crippen molar-refractivity contribution < 1.29 is 22.4 Å². The predicted octanol–water partition coefficient (Wildman–Crippen LogP) is 5.11. The Labute approximate surface area is 125 Å². The number of nitrogens with zero attached hydrogens (tertiary/aromatic N) is 1.